The highest BCUT2D eigenvalue weighted by atomic mass is 79.9. The molecule has 1 rings (SSSR count). The Morgan fingerprint density at radius 2 is 1.88 bits per heavy atom. The molecule has 2 heteroatoms. The zero-order chi connectivity index (χ0) is 13.0. The van der Waals surface area contributed by atoms with E-state index in [0.29, 0.717) is 5.92 Å². The summed E-state index contributed by atoms with van der Waals surface area (Å²) in [6.45, 7) is 11.6. The summed E-state index contributed by atoms with van der Waals surface area (Å²) in [6, 6.07) is 2.19. The van der Waals surface area contributed by atoms with Gasteiger partial charge in [0.15, 0.2) is 0 Å². The van der Waals surface area contributed by atoms with Crippen LogP contribution in [0.2, 0.25) is 0 Å². The molecule has 1 atom stereocenters. The van der Waals surface area contributed by atoms with Crippen LogP contribution in [0.25, 0.3) is 0 Å². The summed E-state index contributed by atoms with van der Waals surface area (Å²) in [6.07, 6.45) is 1.18. The number of hydrogen-bond donors (Lipinski definition) is 0. The lowest BCUT2D eigenvalue weighted by Crippen LogP contribution is -2.05. The van der Waals surface area contributed by atoms with Crippen LogP contribution in [-0.4, -0.2) is 11.9 Å². The lowest BCUT2D eigenvalue weighted by molar-refractivity contribution is 0.337. The van der Waals surface area contributed by atoms with Gasteiger partial charge in [0, 0.05) is 5.33 Å². The van der Waals surface area contributed by atoms with Gasteiger partial charge in [0.2, 0.25) is 0 Å². The maximum absolute atomic E-state index is 5.68. The summed E-state index contributed by atoms with van der Waals surface area (Å²) in [5.74, 6) is 1.64. The fraction of sp³-hybridized carbons (Fsp3) is 0.600. The van der Waals surface area contributed by atoms with Crippen molar-refractivity contribution in [3.63, 3.8) is 0 Å². The molecule has 0 spiro atoms. The van der Waals surface area contributed by atoms with Crippen LogP contribution in [0.5, 0.6) is 5.75 Å². The number of halogens is 1. The molecule has 0 aliphatic rings. The lowest BCUT2D eigenvalue weighted by atomic mass is 9.87. The van der Waals surface area contributed by atoms with Crippen molar-refractivity contribution in [2.45, 2.75) is 47.0 Å². The zero-order valence-electron chi connectivity index (χ0n) is 11.6. The number of aryl methyl sites for hydroxylation is 1. The van der Waals surface area contributed by atoms with E-state index < -0.39 is 0 Å². The second kappa shape index (κ2) is 6.44. The van der Waals surface area contributed by atoms with E-state index in [2.05, 4.69) is 49.7 Å². The molecule has 0 aliphatic heterocycles. The van der Waals surface area contributed by atoms with Crippen molar-refractivity contribution >= 4 is 15.9 Å². The molecule has 0 saturated carbocycles. The van der Waals surface area contributed by atoms with Crippen molar-refractivity contribution in [1.29, 1.82) is 0 Å². The highest BCUT2D eigenvalue weighted by Gasteiger charge is 2.15. The van der Waals surface area contributed by atoms with Crippen molar-refractivity contribution in [3.8, 4) is 5.75 Å². The highest BCUT2D eigenvalue weighted by Crippen LogP contribution is 2.33. The van der Waals surface area contributed by atoms with E-state index in [4.69, 9.17) is 4.74 Å². The molecule has 0 aromatic heterocycles. The van der Waals surface area contributed by atoms with Gasteiger partial charge in [-0.2, -0.15) is 0 Å². The minimum Gasteiger partial charge on any atom is -0.494 e. The van der Waals surface area contributed by atoms with Crippen molar-refractivity contribution < 1.29 is 4.74 Å². The van der Waals surface area contributed by atoms with E-state index in [1.807, 2.05) is 6.92 Å². The normalized spacial score (nSPS) is 12.6. The summed E-state index contributed by atoms with van der Waals surface area (Å²) < 4.78 is 5.68. The average Bonchev–Trinajstić information content (AvgIpc) is 2.26. The Balaban J connectivity index is 3.20. The van der Waals surface area contributed by atoms with Crippen molar-refractivity contribution in [3.05, 3.63) is 28.3 Å². The first-order valence-electron chi connectivity index (χ1n) is 6.32. The van der Waals surface area contributed by atoms with Crippen molar-refractivity contribution in [2.24, 2.45) is 0 Å². The molecular weight excluding hydrogens is 276 g/mol. The number of hydrogen-bond acceptors (Lipinski definition) is 1. The standard InChI is InChI=1S/C15H23BrO/c1-6-17-14-9-11(3)15(10(2)7-8-16)13(5)12(14)4/h9-10H,6-8H2,1-5H3. The van der Waals surface area contributed by atoms with Gasteiger partial charge in [-0.3, -0.25) is 0 Å². The molecule has 0 saturated heterocycles. The Morgan fingerprint density at radius 3 is 2.41 bits per heavy atom. The summed E-state index contributed by atoms with van der Waals surface area (Å²) in [5.41, 5.74) is 5.52. The van der Waals surface area contributed by atoms with Crippen LogP contribution in [0.4, 0.5) is 0 Å². The first kappa shape index (κ1) is 14.6. The van der Waals surface area contributed by atoms with Gasteiger partial charge in [0.25, 0.3) is 0 Å². The first-order valence-corrected chi connectivity index (χ1v) is 7.44. The quantitative estimate of drug-likeness (QED) is 0.703. The van der Waals surface area contributed by atoms with E-state index in [0.717, 1.165) is 17.7 Å². The molecular formula is C15H23BrO. The van der Waals surface area contributed by atoms with Crippen LogP contribution in [-0.2, 0) is 0 Å². The highest BCUT2D eigenvalue weighted by molar-refractivity contribution is 9.09. The average molecular weight is 299 g/mol. The van der Waals surface area contributed by atoms with Gasteiger partial charge in [-0.05, 0) is 68.4 Å². The molecule has 0 fully saturated rings. The van der Waals surface area contributed by atoms with Crippen LogP contribution >= 0.6 is 15.9 Å². The molecule has 1 aromatic rings. The zero-order valence-corrected chi connectivity index (χ0v) is 13.1. The summed E-state index contributed by atoms with van der Waals surface area (Å²) in [5, 5.41) is 1.05. The Bertz CT molecular complexity index is 385. The first-order chi connectivity index (χ1) is 8.02. The molecule has 0 aliphatic carbocycles. The fourth-order valence-corrected chi connectivity index (χ4v) is 3.12. The van der Waals surface area contributed by atoms with Crippen molar-refractivity contribution in [2.75, 3.05) is 11.9 Å². The van der Waals surface area contributed by atoms with Gasteiger partial charge >= 0.3 is 0 Å². The Morgan fingerprint density at radius 1 is 1.24 bits per heavy atom. The molecule has 17 heavy (non-hydrogen) atoms. The third-order valence-electron chi connectivity index (χ3n) is 3.44. The molecule has 96 valence electrons. The fourth-order valence-electron chi connectivity index (χ4n) is 2.44. The summed E-state index contributed by atoms with van der Waals surface area (Å²) >= 11 is 3.53. The molecule has 1 nitrogen and oxygen atoms in total. The molecule has 1 aromatic carbocycles. The molecule has 0 heterocycles. The molecule has 0 amide bonds. The number of benzene rings is 1. The number of ether oxygens (including phenoxy) is 1. The van der Waals surface area contributed by atoms with Gasteiger partial charge in [-0.25, -0.2) is 0 Å². The molecule has 0 radical (unpaired) electrons. The second-order valence-corrected chi connectivity index (χ2v) is 5.46. The van der Waals surface area contributed by atoms with Crippen LogP contribution in [0.15, 0.2) is 6.07 Å². The molecule has 0 N–H and O–H groups in total. The van der Waals surface area contributed by atoms with Crippen LogP contribution in [0.3, 0.4) is 0 Å². The molecule has 0 bridgehead atoms. The predicted molar refractivity (Wildman–Crippen MR) is 78.6 cm³/mol. The van der Waals surface area contributed by atoms with E-state index in [1.165, 1.54) is 28.7 Å². The second-order valence-electron chi connectivity index (χ2n) is 4.67. The minimum atomic E-state index is 0.601. The van der Waals surface area contributed by atoms with Gasteiger partial charge < -0.3 is 4.74 Å². The Hall–Kier alpha value is -0.500. The Labute approximate surface area is 114 Å². The summed E-state index contributed by atoms with van der Waals surface area (Å²) in [4.78, 5) is 0. The van der Waals surface area contributed by atoms with E-state index >= 15 is 0 Å². The van der Waals surface area contributed by atoms with E-state index in [9.17, 15) is 0 Å². The van der Waals surface area contributed by atoms with Gasteiger partial charge in [-0.15, -0.1) is 0 Å². The van der Waals surface area contributed by atoms with E-state index in [1.54, 1.807) is 0 Å². The molecule has 1 unspecified atom stereocenters. The van der Waals surface area contributed by atoms with Crippen LogP contribution in [0, 0.1) is 20.8 Å². The third-order valence-corrected chi connectivity index (χ3v) is 3.90. The maximum atomic E-state index is 5.68. The lowest BCUT2D eigenvalue weighted by Gasteiger charge is -2.21. The Kier molecular flexibility index (Phi) is 5.51. The van der Waals surface area contributed by atoms with E-state index in [-0.39, 0.29) is 0 Å². The maximum Gasteiger partial charge on any atom is 0.122 e. The van der Waals surface area contributed by atoms with Crippen LogP contribution < -0.4 is 4.74 Å². The smallest absolute Gasteiger partial charge is 0.122 e. The largest absolute Gasteiger partial charge is 0.494 e. The van der Waals surface area contributed by atoms with Gasteiger partial charge in [0.05, 0.1) is 6.61 Å². The summed E-state index contributed by atoms with van der Waals surface area (Å²) in [7, 11) is 0. The van der Waals surface area contributed by atoms with Crippen molar-refractivity contribution in [1.82, 2.24) is 0 Å². The van der Waals surface area contributed by atoms with Crippen LogP contribution in [0.1, 0.15) is 48.4 Å². The SMILES string of the molecule is CCOc1cc(C)c(C(C)CCBr)c(C)c1C. The van der Waals surface area contributed by atoms with Gasteiger partial charge in [-0.1, -0.05) is 22.9 Å². The number of alkyl halides is 1. The third kappa shape index (κ3) is 3.25. The predicted octanol–water partition coefficient (Wildman–Crippen LogP) is 4.90. The topological polar surface area (TPSA) is 9.23 Å². The monoisotopic (exact) mass is 298 g/mol. The van der Waals surface area contributed by atoms with Gasteiger partial charge in [0.1, 0.15) is 5.75 Å². The minimum absolute atomic E-state index is 0.601. The number of rotatable bonds is 5.